The van der Waals surface area contributed by atoms with Crippen molar-refractivity contribution in [1.82, 2.24) is 55.0 Å². The minimum Gasteiger partial charge on any atom is -0.490 e. The lowest BCUT2D eigenvalue weighted by Gasteiger charge is -2.37. The summed E-state index contributed by atoms with van der Waals surface area (Å²) in [5.41, 5.74) is 6.49. The van der Waals surface area contributed by atoms with E-state index in [1.54, 1.807) is 56.5 Å². The summed E-state index contributed by atoms with van der Waals surface area (Å²) in [6.07, 6.45) is 6.58. The molecule has 4 aliphatic heterocycles. The third kappa shape index (κ3) is 22.6. The Hall–Kier alpha value is -10.7. The van der Waals surface area contributed by atoms with Crippen LogP contribution in [0.5, 0.6) is 5.75 Å². The van der Waals surface area contributed by atoms with E-state index in [1.807, 2.05) is 145 Å². The summed E-state index contributed by atoms with van der Waals surface area (Å²) in [6, 6.07) is 52.9. The van der Waals surface area contributed by atoms with Crippen molar-refractivity contribution >= 4 is 63.4 Å². The highest BCUT2D eigenvalue weighted by atomic mass is 19.1. The number of carbonyl (C=O) groups is 1. The lowest BCUT2D eigenvalue weighted by atomic mass is 9.90. The number of pyridine rings is 1. The number of nitrogens with zero attached hydrogens (tertiary/aromatic N) is 14. The van der Waals surface area contributed by atoms with Gasteiger partial charge in [-0.15, -0.1) is 13.2 Å². The average molecular weight is 1550 g/mol. The maximum atomic E-state index is 13.6. The van der Waals surface area contributed by atoms with Crippen LogP contribution in [0, 0.1) is 11.6 Å². The molecule has 14 rings (SSSR count). The maximum absolute atomic E-state index is 13.6. The molecular weight excluding hydrogens is 1450 g/mol. The van der Waals surface area contributed by atoms with Crippen LogP contribution in [0.1, 0.15) is 88.5 Å². The van der Waals surface area contributed by atoms with Crippen molar-refractivity contribution < 1.29 is 43.1 Å². The summed E-state index contributed by atoms with van der Waals surface area (Å²) in [7, 11) is 0. The molecule has 0 bridgehead atoms. The molecule has 26 heteroatoms. The van der Waals surface area contributed by atoms with E-state index < -0.39 is 11.7 Å². The number of aliphatic hydroxyl groups excluding tert-OH is 2. The minimum absolute atomic E-state index is 0.0141. The van der Waals surface area contributed by atoms with Gasteiger partial charge in [0.15, 0.2) is 22.8 Å². The molecule has 6 N–H and O–H groups in total. The topological polar surface area (TPSA) is 264 Å². The van der Waals surface area contributed by atoms with Gasteiger partial charge in [0, 0.05) is 134 Å². The van der Waals surface area contributed by atoms with E-state index in [4.69, 9.17) is 34.1 Å². The molecule has 4 fully saturated rings. The second kappa shape index (κ2) is 39.8. The Morgan fingerprint density at radius 2 is 1.18 bits per heavy atom. The van der Waals surface area contributed by atoms with Crippen LogP contribution in [0.3, 0.4) is 0 Å². The quantitative estimate of drug-likeness (QED) is 0.0249. The number of amides is 1. The van der Waals surface area contributed by atoms with Crippen molar-refractivity contribution in [3.05, 3.63) is 235 Å². The number of aromatic nitrogens is 8. The summed E-state index contributed by atoms with van der Waals surface area (Å²) in [6.45, 7) is 29.0. The molecule has 600 valence electrons. The maximum Gasteiger partial charge on any atom is 0.234 e. The number of carbonyl (C=O) groups excluding carboxylic acids is 1. The Balaban J connectivity index is 0.000000159. The Labute approximate surface area is 667 Å². The Morgan fingerprint density at radius 1 is 0.632 bits per heavy atom. The average Bonchev–Trinajstić information content (AvgIpc) is 0.750. The molecular formula is C88H107F2N17O7. The smallest absolute Gasteiger partial charge is 0.234 e. The highest BCUT2D eigenvalue weighted by Gasteiger charge is 2.34. The van der Waals surface area contributed by atoms with Crippen LogP contribution in [-0.4, -0.2) is 231 Å². The van der Waals surface area contributed by atoms with E-state index in [0.29, 0.717) is 112 Å². The summed E-state index contributed by atoms with van der Waals surface area (Å²) < 4.78 is 45.0. The molecule has 24 nitrogen and oxygen atoms in total. The fraction of sp³-hybridized carbons (Fsp3) is 0.398. The van der Waals surface area contributed by atoms with Crippen molar-refractivity contribution in [2.75, 3.05) is 148 Å². The van der Waals surface area contributed by atoms with Gasteiger partial charge in [-0.05, 0) is 125 Å². The van der Waals surface area contributed by atoms with Gasteiger partial charge in [0.25, 0.3) is 0 Å². The molecule has 0 radical (unpaired) electrons. The first-order valence-corrected chi connectivity index (χ1v) is 39.5. The Morgan fingerprint density at radius 3 is 1.74 bits per heavy atom. The van der Waals surface area contributed by atoms with Gasteiger partial charge in [-0.25, -0.2) is 18.7 Å². The van der Waals surface area contributed by atoms with E-state index >= 15 is 0 Å². The summed E-state index contributed by atoms with van der Waals surface area (Å²) in [4.78, 5) is 64.5. The number of nitrogens with one attached hydrogen (secondary N) is 3. The zero-order valence-corrected chi connectivity index (χ0v) is 66.1. The molecule has 4 aliphatic rings. The number of hydrogen-bond acceptors (Lipinski definition) is 23. The van der Waals surface area contributed by atoms with Gasteiger partial charge in [-0.2, -0.15) is 24.9 Å². The van der Waals surface area contributed by atoms with Crippen LogP contribution < -0.4 is 40.3 Å². The zero-order valence-electron chi connectivity index (χ0n) is 66.1. The van der Waals surface area contributed by atoms with Crippen molar-refractivity contribution in [2.24, 2.45) is 0 Å². The number of hydrogen-bond donors (Lipinski definition) is 6. The largest absolute Gasteiger partial charge is 0.490 e. The van der Waals surface area contributed by atoms with Gasteiger partial charge >= 0.3 is 0 Å². The van der Waals surface area contributed by atoms with Crippen LogP contribution in [0.4, 0.5) is 44.2 Å². The molecule has 6 aromatic carbocycles. The van der Waals surface area contributed by atoms with E-state index in [0.717, 1.165) is 95.0 Å². The van der Waals surface area contributed by atoms with Gasteiger partial charge in [0.2, 0.25) is 29.7 Å². The molecule has 4 saturated heterocycles. The van der Waals surface area contributed by atoms with E-state index in [2.05, 4.69) is 82.5 Å². The number of piperazine rings is 1. The molecule has 5 atom stereocenters. The van der Waals surface area contributed by atoms with Crippen LogP contribution in [0.2, 0.25) is 0 Å². The molecule has 0 aliphatic carbocycles. The first kappa shape index (κ1) is 82.7. The van der Waals surface area contributed by atoms with Crippen LogP contribution in [0.25, 0.3) is 33.3 Å². The number of rotatable bonds is 28. The molecule has 4 aromatic heterocycles. The minimum atomic E-state index is -1.04. The molecule has 10 aromatic rings. The Kier molecular flexibility index (Phi) is 28.9. The van der Waals surface area contributed by atoms with E-state index in [1.165, 1.54) is 24.3 Å². The number of β-amino-alcohol motifs (C(OH)–C–C–N with tert-alkyl or cyclic N) is 1. The molecule has 114 heavy (non-hydrogen) atoms. The zero-order chi connectivity index (χ0) is 80.1. The number of benzene rings is 6. The molecule has 1 unspecified atom stereocenters. The SMILES string of the molecule is C=CCNc1nc(NCC=C)nc(N2CCC(NCC(c3ccc(F)cc3)c3ccc(F)cc3)CC2)n1.C[C@@H]1CN(c2nc(N(CCO)CC(C)(C)O)c3nc(-c4ccccc4)c(N4C[C@@H](C)O[C@@H](C)C4)nc3n2)C[C@H](C)O1.O=C(C(c1ccccc1)c1ccccc1)N1CCN(CC(O)COc2cccc3ncccc23)CC1. The number of morpholine rings is 2. The lowest BCUT2D eigenvalue weighted by Crippen LogP contribution is -2.52. The normalized spacial score (nSPS) is 17.9. The Bertz CT molecular complexity index is 4580. The number of piperidine rings is 1. The third-order valence-electron chi connectivity index (χ3n) is 20.3. The van der Waals surface area contributed by atoms with E-state index in [-0.39, 0.29) is 80.1 Å². The predicted octanol–water partition coefficient (Wildman–Crippen LogP) is 11.6. The fourth-order valence-corrected chi connectivity index (χ4v) is 15.0. The van der Waals surface area contributed by atoms with Gasteiger partial charge in [0.1, 0.15) is 35.8 Å². The molecule has 1 amide bonds. The number of ether oxygens (including phenoxy) is 3. The van der Waals surface area contributed by atoms with Crippen LogP contribution in [0.15, 0.2) is 201 Å². The number of fused-ring (bicyclic) bond motifs is 2. The molecule has 0 spiro atoms. The predicted molar refractivity (Wildman–Crippen MR) is 447 cm³/mol. The highest BCUT2D eigenvalue weighted by molar-refractivity contribution is 5.90. The molecule has 0 saturated carbocycles. The number of anilines is 6. The monoisotopic (exact) mass is 1550 g/mol. The van der Waals surface area contributed by atoms with Gasteiger partial charge in [-0.3, -0.25) is 14.7 Å². The first-order chi connectivity index (χ1) is 55.2. The fourth-order valence-electron chi connectivity index (χ4n) is 15.0. The highest BCUT2D eigenvalue weighted by Crippen LogP contribution is 2.37. The van der Waals surface area contributed by atoms with Gasteiger partial charge < -0.3 is 70.0 Å². The van der Waals surface area contributed by atoms with Crippen LogP contribution in [-0.2, 0) is 14.3 Å². The second-order valence-corrected chi connectivity index (χ2v) is 30.2. The second-order valence-electron chi connectivity index (χ2n) is 30.2. The standard InChI is InChI=1S/C30H43N7O4.C30H31N3O3.C28H33F2N7/c1-19-14-36(15-20(2)40-19)27-24(23-10-8-7-9-11-23)31-25-26(32-27)33-29(37-16-21(3)41-22(4)17-37)34-28(25)35(12-13-38)18-30(5,6)39;34-25(22-36-28-15-7-14-27-26(28)13-8-16-31-27)21-32-17-19-33(20-18-32)30(35)29(23-9-3-1-4-10-23)24-11-5-2-6-12-24;1-3-15-31-26-34-27(32-16-4-2)36-28(35-26)37-17-13-24(14-18-37)33-19-25(20-5-9-22(29)10-6-20)21-7-11-23(30)12-8-21/h7-11,19-22,38-39H,12-18H2,1-6H3;1-16,25,29,34H,17-22H2;3-12,24-25,33H,1-2,13-19H2,(H2,31,32,34,35,36)/t19-,20+,21-,22+;;. The summed E-state index contributed by atoms with van der Waals surface area (Å²) >= 11 is 0. The van der Waals surface area contributed by atoms with Crippen molar-refractivity contribution in [2.45, 2.75) is 108 Å². The van der Waals surface area contributed by atoms with Crippen molar-refractivity contribution in [3.63, 3.8) is 0 Å². The van der Waals surface area contributed by atoms with Crippen molar-refractivity contribution in [1.29, 1.82) is 0 Å². The molecule has 8 heterocycles. The summed E-state index contributed by atoms with van der Waals surface area (Å²) in [5.74, 6) is 3.42. The summed E-state index contributed by atoms with van der Waals surface area (Å²) in [5, 5.41) is 42.3. The van der Waals surface area contributed by atoms with Gasteiger partial charge in [-0.1, -0.05) is 133 Å². The number of aliphatic hydroxyl groups is 3. The van der Waals surface area contributed by atoms with Gasteiger partial charge in [0.05, 0.1) is 48.1 Å². The number of halogens is 2. The third-order valence-corrected chi connectivity index (χ3v) is 20.3. The van der Waals surface area contributed by atoms with Crippen molar-refractivity contribution in [3.8, 4) is 17.0 Å². The lowest BCUT2D eigenvalue weighted by molar-refractivity contribution is -0.133. The van der Waals surface area contributed by atoms with E-state index in [9.17, 15) is 28.9 Å². The first-order valence-electron chi connectivity index (χ1n) is 39.5. The van der Waals surface area contributed by atoms with Crippen LogP contribution >= 0.6 is 0 Å².